The van der Waals surface area contributed by atoms with Crippen LogP contribution in [0.4, 0.5) is 5.69 Å². The van der Waals surface area contributed by atoms with Crippen LogP contribution in [0.25, 0.3) is 33.9 Å². The van der Waals surface area contributed by atoms with E-state index >= 15 is 0 Å². The molecule has 7 heteroatoms. The molecule has 1 N–H and O–H groups in total. The number of hydrogen-bond donors (Lipinski definition) is 1. The summed E-state index contributed by atoms with van der Waals surface area (Å²) in [5.41, 5.74) is 5.61. The van der Waals surface area contributed by atoms with Gasteiger partial charge in [0, 0.05) is 28.8 Å². The summed E-state index contributed by atoms with van der Waals surface area (Å²) in [7, 11) is 3.23. The Labute approximate surface area is 185 Å². The van der Waals surface area contributed by atoms with Crippen LogP contribution in [-0.4, -0.2) is 29.1 Å². The van der Waals surface area contributed by atoms with Crippen molar-refractivity contribution < 1.29 is 14.4 Å². The number of imidazole rings is 1. The zero-order chi connectivity index (χ0) is 22.8. The summed E-state index contributed by atoms with van der Waals surface area (Å²) < 4.78 is 11.1. The van der Waals surface area contributed by atoms with Crippen LogP contribution in [0, 0.1) is 24.0 Å². The largest absolute Gasteiger partial charge is 0.496 e. The lowest BCUT2D eigenvalue weighted by Crippen LogP contribution is -1.96. The summed E-state index contributed by atoms with van der Waals surface area (Å²) in [4.78, 5) is 19.3. The molecule has 0 fully saturated rings. The van der Waals surface area contributed by atoms with Crippen LogP contribution in [0.1, 0.15) is 11.1 Å². The molecule has 0 amide bonds. The molecule has 3 aromatic carbocycles. The van der Waals surface area contributed by atoms with E-state index in [0.717, 1.165) is 33.6 Å². The normalized spacial score (nSPS) is 10.8. The Hall–Kier alpha value is -4.13. The number of aryl methyl sites for hydroxylation is 1. The van der Waals surface area contributed by atoms with Gasteiger partial charge in [-0.1, -0.05) is 36.4 Å². The van der Waals surface area contributed by atoms with Crippen LogP contribution in [0.2, 0.25) is 0 Å². The molecule has 162 valence electrons. The maximum atomic E-state index is 11.4. The lowest BCUT2D eigenvalue weighted by atomic mass is 10.0. The highest BCUT2D eigenvalue weighted by molar-refractivity contribution is 5.84. The van der Waals surface area contributed by atoms with Crippen LogP contribution >= 0.6 is 0 Å². The first-order chi connectivity index (χ1) is 15.4. The minimum absolute atomic E-state index is 0.0265. The molecule has 32 heavy (non-hydrogen) atoms. The number of benzene rings is 3. The standard InChI is InChI=1S/C25H23N3O4/c1-15-10-11-18(28(29)30)14-20(15)23-22(17-8-6-5-7-9-17)26-25(27-23)19-12-13-21(31-3)16(2)24(19)32-4/h5-14H,1-4H3,(H,26,27). The van der Waals surface area contributed by atoms with Gasteiger partial charge in [-0.05, 0) is 31.5 Å². The van der Waals surface area contributed by atoms with Gasteiger partial charge in [-0.3, -0.25) is 10.1 Å². The maximum absolute atomic E-state index is 11.4. The number of nitro benzene ring substituents is 1. The van der Waals surface area contributed by atoms with Crippen LogP contribution in [0.15, 0.2) is 60.7 Å². The lowest BCUT2D eigenvalue weighted by Gasteiger charge is -2.13. The molecule has 4 aromatic rings. The van der Waals surface area contributed by atoms with Crippen molar-refractivity contribution in [1.82, 2.24) is 9.97 Å². The Morgan fingerprint density at radius 2 is 1.69 bits per heavy atom. The Kier molecular flexibility index (Phi) is 5.64. The Bertz CT molecular complexity index is 1300. The summed E-state index contributed by atoms with van der Waals surface area (Å²) in [6.45, 7) is 3.85. The van der Waals surface area contributed by atoms with E-state index in [2.05, 4.69) is 4.98 Å². The zero-order valence-corrected chi connectivity index (χ0v) is 18.3. The molecule has 0 spiro atoms. The molecule has 1 heterocycles. The van der Waals surface area contributed by atoms with Crippen molar-refractivity contribution in [2.45, 2.75) is 13.8 Å². The monoisotopic (exact) mass is 429 g/mol. The first-order valence-electron chi connectivity index (χ1n) is 10.1. The summed E-state index contributed by atoms with van der Waals surface area (Å²) in [5.74, 6) is 1.97. The highest BCUT2D eigenvalue weighted by Crippen LogP contribution is 2.40. The third kappa shape index (κ3) is 3.69. The third-order valence-corrected chi connectivity index (χ3v) is 5.49. The molecule has 0 bridgehead atoms. The van der Waals surface area contributed by atoms with Gasteiger partial charge in [0.1, 0.15) is 17.3 Å². The summed E-state index contributed by atoms with van der Waals surface area (Å²) in [5, 5.41) is 11.4. The Morgan fingerprint density at radius 1 is 0.938 bits per heavy atom. The van der Waals surface area contributed by atoms with E-state index in [-0.39, 0.29) is 5.69 Å². The van der Waals surface area contributed by atoms with Gasteiger partial charge in [0.05, 0.1) is 36.1 Å². The van der Waals surface area contributed by atoms with Gasteiger partial charge < -0.3 is 14.5 Å². The van der Waals surface area contributed by atoms with Crippen molar-refractivity contribution in [3.63, 3.8) is 0 Å². The number of nitrogens with one attached hydrogen (secondary N) is 1. The topological polar surface area (TPSA) is 90.3 Å². The molecule has 1 aromatic heterocycles. The van der Waals surface area contributed by atoms with Crippen molar-refractivity contribution in [3.8, 4) is 45.4 Å². The Balaban J connectivity index is 1.98. The third-order valence-electron chi connectivity index (χ3n) is 5.49. The van der Waals surface area contributed by atoms with Gasteiger partial charge in [-0.15, -0.1) is 0 Å². The van der Waals surface area contributed by atoms with E-state index in [4.69, 9.17) is 14.5 Å². The van der Waals surface area contributed by atoms with Crippen LogP contribution in [0.5, 0.6) is 11.5 Å². The fourth-order valence-electron chi connectivity index (χ4n) is 3.84. The fraction of sp³-hybridized carbons (Fsp3) is 0.160. The second kappa shape index (κ2) is 8.55. The number of non-ortho nitro benzene ring substituents is 1. The molecule has 0 atom stereocenters. The smallest absolute Gasteiger partial charge is 0.270 e. The average molecular weight is 429 g/mol. The number of nitrogens with zero attached hydrogens (tertiary/aromatic N) is 2. The van der Waals surface area contributed by atoms with Crippen LogP contribution in [-0.2, 0) is 0 Å². The second-order valence-corrected chi connectivity index (χ2v) is 7.41. The van der Waals surface area contributed by atoms with Gasteiger partial charge in [0.25, 0.3) is 5.69 Å². The summed E-state index contributed by atoms with van der Waals surface area (Å²) in [6, 6.07) is 18.3. The number of H-pyrrole nitrogens is 1. The lowest BCUT2D eigenvalue weighted by molar-refractivity contribution is -0.384. The van der Waals surface area contributed by atoms with Crippen molar-refractivity contribution in [2.75, 3.05) is 14.2 Å². The highest BCUT2D eigenvalue weighted by Gasteiger charge is 2.22. The number of ether oxygens (including phenoxy) is 2. The fourth-order valence-corrected chi connectivity index (χ4v) is 3.84. The van der Waals surface area contributed by atoms with E-state index in [9.17, 15) is 10.1 Å². The van der Waals surface area contributed by atoms with Gasteiger partial charge in [0.15, 0.2) is 0 Å². The maximum Gasteiger partial charge on any atom is 0.270 e. The van der Waals surface area contributed by atoms with Crippen LogP contribution < -0.4 is 9.47 Å². The molecular weight excluding hydrogens is 406 g/mol. The van der Waals surface area contributed by atoms with E-state index in [1.54, 1.807) is 26.4 Å². The molecule has 0 saturated carbocycles. The SMILES string of the molecule is COc1ccc(-c2nc(-c3ccccc3)c(-c3cc([N+](=O)[O-])ccc3C)[nH]2)c(OC)c1C. The summed E-state index contributed by atoms with van der Waals surface area (Å²) in [6.07, 6.45) is 0. The average Bonchev–Trinajstić information content (AvgIpc) is 3.24. The van der Waals surface area contributed by atoms with E-state index in [1.807, 2.05) is 56.3 Å². The number of methoxy groups -OCH3 is 2. The predicted octanol–water partition coefficient (Wildman–Crippen LogP) is 5.95. The van der Waals surface area contributed by atoms with Crippen LogP contribution in [0.3, 0.4) is 0 Å². The minimum atomic E-state index is -0.391. The number of rotatable bonds is 6. The molecule has 0 aliphatic carbocycles. The second-order valence-electron chi connectivity index (χ2n) is 7.41. The van der Waals surface area contributed by atoms with E-state index in [0.29, 0.717) is 23.0 Å². The molecule has 7 nitrogen and oxygen atoms in total. The molecule has 4 rings (SSSR count). The number of aromatic amines is 1. The molecule has 0 saturated heterocycles. The number of aromatic nitrogens is 2. The first-order valence-corrected chi connectivity index (χ1v) is 10.1. The van der Waals surface area contributed by atoms with Gasteiger partial charge >= 0.3 is 0 Å². The predicted molar refractivity (Wildman–Crippen MR) is 124 cm³/mol. The molecular formula is C25H23N3O4. The Morgan fingerprint density at radius 3 is 2.34 bits per heavy atom. The number of nitro groups is 1. The van der Waals surface area contributed by atoms with Crippen molar-refractivity contribution >= 4 is 5.69 Å². The first kappa shape index (κ1) is 21.1. The van der Waals surface area contributed by atoms with Gasteiger partial charge in [-0.2, -0.15) is 0 Å². The number of hydrogen-bond acceptors (Lipinski definition) is 5. The molecule has 0 aliphatic rings. The minimum Gasteiger partial charge on any atom is -0.496 e. The molecule has 0 unspecified atom stereocenters. The van der Waals surface area contributed by atoms with E-state index < -0.39 is 4.92 Å². The quantitative estimate of drug-likeness (QED) is 0.302. The van der Waals surface area contributed by atoms with Crippen molar-refractivity contribution in [1.29, 1.82) is 0 Å². The van der Waals surface area contributed by atoms with Crippen molar-refractivity contribution in [3.05, 3.63) is 81.9 Å². The van der Waals surface area contributed by atoms with Gasteiger partial charge in [0.2, 0.25) is 0 Å². The zero-order valence-electron chi connectivity index (χ0n) is 18.3. The summed E-state index contributed by atoms with van der Waals surface area (Å²) >= 11 is 0. The molecule has 0 radical (unpaired) electrons. The van der Waals surface area contributed by atoms with Crippen molar-refractivity contribution in [2.24, 2.45) is 0 Å². The highest BCUT2D eigenvalue weighted by atomic mass is 16.6. The molecule has 0 aliphatic heterocycles. The van der Waals surface area contributed by atoms with Gasteiger partial charge in [-0.25, -0.2) is 4.98 Å². The van der Waals surface area contributed by atoms with E-state index in [1.165, 1.54) is 6.07 Å².